The fraction of sp³-hybridized carbons (Fsp3) is 0.393. The van der Waals surface area contributed by atoms with Gasteiger partial charge in [0, 0.05) is 18.6 Å². The lowest BCUT2D eigenvalue weighted by molar-refractivity contribution is -0.143. The molecular formula is C28H29F3N4O2. The highest BCUT2D eigenvalue weighted by Crippen LogP contribution is 2.40. The van der Waals surface area contributed by atoms with Crippen molar-refractivity contribution in [3.05, 3.63) is 81.7 Å². The Kier molecular flexibility index (Phi) is 6.22. The fourth-order valence-corrected chi connectivity index (χ4v) is 5.27. The van der Waals surface area contributed by atoms with Crippen molar-refractivity contribution in [2.45, 2.75) is 63.7 Å². The van der Waals surface area contributed by atoms with Crippen LogP contribution in [0.25, 0.3) is 22.1 Å². The topological polar surface area (TPSA) is 73.0 Å². The first kappa shape index (κ1) is 25.2. The summed E-state index contributed by atoms with van der Waals surface area (Å²) in [5, 5.41) is 11.4. The molecule has 1 fully saturated rings. The molecule has 1 N–H and O–H groups in total. The minimum atomic E-state index is -4.60. The predicted octanol–water partition coefficient (Wildman–Crippen LogP) is 6.18. The van der Waals surface area contributed by atoms with Crippen LogP contribution in [0.2, 0.25) is 0 Å². The third-order valence-electron chi connectivity index (χ3n) is 7.47. The van der Waals surface area contributed by atoms with Gasteiger partial charge >= 0.3 is 6.18 Å². The first-order chi connectivity index (χ1) is 17.5. The van der Waals surface area contributed by atoms with E-state index in [4.69, 9.17) is 4.42 Å². The molecule has 9 heteroatoms. The maximum absolute atomic E-state index is 14.1. The summed E-state index contributed by atoms with van der Waals surface area (Å²) < 4.78 is 49.5. The molecule has 1 aliphatic rings. The Hall–Kier alpha value is -3.46. The SMILES string of the molecule is Cc1cc(C(C)NC2(C)CCC2)cc2c(=O)c(-c3cccc(C(c4nncn4C)C(F)(F)F)c3)coc12. The first-order valence-electron chi connectivity index (χ1n) is 12.3. The molecule has 2 aromatic carbocycles. The number of hydrogen-bond donors (Lipinski definition) is 1. The zero-order valence-electron chi connectivity index (χ0n) is 21.2. The van der Waals surface area contributed by atoms with Gasteiger partial charge < -0.3 is 14.3 Å². The minimum Gasteiger partial charge on any atom is -0.463 e. The maximum atomic E-state index is 14.1. The van der Waals surface area contributed by atoms with Gasteiger partial charge in [-0.25, -0.2) is 0 Å². The number of fused-ring (bicyclic) bond motifs is 1. The number of alkyl halides is 3. The van der Waals surface area contributed by atoms with Crippen molar-refractivity contribution in [1.82, 2.24) is 20.1 Å². The molecule has 0 amide bonds. The molecule has 194 valence electrons. The summed E-state index contributed by atoms with van der Waals surface area (Å²) in [6, 6.07) is 9.76. The van der Waals surface area contributed by atoms with Gasteiger partial charge in [-0.15, -0.1) is 10.2 Å². The number of aromatic nitrogens is 3. The summed E-state index contributed by atoms with van der Waals surface area (Å²) in [5.74, 6) is -2.21. The lowest BCUT2D eigenvalue weighted by Crippen LogP contribution is -2.49. The fourth-order valence-electron chi connectivity index (χ4n) is 5.27. The minimum absolute atomic E-state index is 0.0266. The molecule has 0 saturated heterocycles. The number of benzene rings is 2. The molecule has 2 unspecified atom stereocenters. The second-order valence-corrected chi connectivity index (χ2v) is 10.4. The second kappa shape index (κ2) is 9.13. The van der Waals surface area contributed by atoms with Crippen LogP contribution in [0, 0.1) is 6.92 Å². The van der Waals surface area contributed by atoms with E-state index in [2.05, 4.69) is 29.4 Å². The Morgan fingerprint density at radius 3 is 2.54 bits per heavy atom. The third kappa shape index (κ3) is 4.68. The lowest BCUT2D eigenvalue weighted by Gasteiger charge is -2.41. The smallest absolute Gasteiger partial charge is 0.402 e. The van der Waals surface area contributed by atoms with E-state index in [1.165, 1.54) is 48.8 Å². The number of aryl methyl sites for hydroxylation is 2. The van der Waals surface area contributed by atoms with E-state index in [1.807, 2.05) is 19.1 Å². The Labute approximate surface area is 212 Å². The molecule has 0 aliphatic heterocycles. The van der Waals surface area contributed by atoms with E-state index in [1.54, 1.807) is 6.07 Å². The number of halogens is 3. The summed E-state index contributed by atoms with van der Waals surface area (Å²) >= 11 is 0. The van der Waals surface area contributed by atoms with Crippen LogP contribution in [-0.4, -0.2) is 26.5 Å². The molecule has 2 heterocycles. The van der Waals surface area contributed by atoms with Gasteiger partial charge in [0.25, 0.3) is 0 Å². The lowest BCUT2D eigenvalue weighted by atomic mass is 9.78. The molecule has 0 radical (unpaired) electrons. The summed E-state index contributed by atoms with van der Waals surface area (Å²) in [6.07, 6.45) is 1.39. The molecule has 4 aromatic rings. The van der Waals surface area contributed by atoms with Crippen molar-refractivity contribution in [3.8, 4) is 11.1 Å². The van der Waals surface area contributed by atoms with Crippen LogP contribution < -0.4 is 10.7 Å². The summed E-state index contributed by atoms with van der Waals surface area (Å²) in [5.41, 5.74) is 2.60. The summed E-state index contributed by atoms with van der Waals surface area (Å²) in [4.78, 5) is 13.6. The normalized spacial score (nSPS) is 16.9. The summed E-state index contributed by atoms with van der Waals surface area (Å²) in [6.45, 7) is 6.17. The zero-order valence-corrected chi connectivity index (χ0v) is 21.2. The molecule has 1 saturated carbocycles. The monoisotopic (exact) mass is 510 g/mol. The number of nitrogens with zero attached hydrogens (tertiary/aromatic N) is 3. The van der Waals surface area contributed by atoms with Crippen LogP contribution in [0.3, 0.4) is 0 Å². The maximum Gasteiger partial charge on any atom is 0.402 e. The zero-order chi connectivity index (χ0) is 26.5. The van der Waals surface area contributed by atoms with Crippen LogP contribution in [-0.2, 0) is 7.05 Å². The van der Waals surface area contributed by atoms with Gasteiger partial charge in [0.2, 0.25) is 5.43 Å². The van der Waals surface area contributed by atoms with E-state index >= 15 is 0 Å². The van der Waals surface area contributed by atoms with Gasteiger partial charge in [-0.2, -0.15) is 13.2 Å². The van der Waals surface area contributed by atoms with E-state index in [0.29, 0.717) is 16.5 Å². The molecule has 37 heavy (non-hydrogen) atoms. The van der Waals surface area contributed by atoms with Gasteiger partial charge in [-0.1, -0.05) is 24.3 Å². The van der Waals surface area contributed by atoms with Crippen molar-refractivity contribution in [2.24, 2.45) is 7.05 Å². The molecule has 5 rings (SSSR count). The quantitative estimate of drug-likeness (QED) is 0.335. The first-order valence-corrected chi connectivity index (χ1v) is 12.3. The highest BCUT2D eigenvalue weighted by molar-refractivity contribution is 5.84. The molecule has 0 spiro atoms. The van der Waals surface area contributed by atoms with Crippen LogP contribution in [0.4, 0.5) is 13.2 Å². The van der Waals surface area contributed by atoms with Crippen molar-refractivity contribution < 1.29 is 17.6 Å². The van der Waals surface area contributed by atoms with Crippen molar-refractivity contribution in [1.29, 1.82) is 0 Å². The Morgan fingerprint density at radius 1 is 1.16 bits per heavy atom. The van der Waals surface area contributed by atoms with Crippen LogP contribution in [0.1, 0.15) is 67.6 Å². The van der Waals surface area contributed by atoms with Crippen LogP contribution >= 0.6 is 0 Å². The number of hydrogen-bond acceptors (Lipinski definition) is 5. The molecular weight excluding hydrogens is 481 g/mol. The van der Waals surface area contributed by atoms with Gasteiger partial charge in [-0.3, -0.25) is 4.79 Å². The van der Waals surface area contributed by atoms with E-state index in [9.17, 15) is 18.0 Å². The van der Waals surface area contributed by atoms with Crippen molar-refractivity contribution >= 4 is 11.0 Å². The standard InChI is InChI=1S/C28H29F3N4O2/c1-16-11-20(17(2)33-27(3)9-6-10-27)13-21-24(36)22(14-37-25(16)21)18-7-5-8-19(12-18)23(28(29,30)31)26-34-32-15-35(26)4/h5,7-8,11-15,17,23,33H,6,9-10H2,1-4H3. The highest BCUT2D eigenvalue weighted by Gasteiger charge is 2.44. The van der Waals surface area contributed by atoms with E-state index in [-0.39, 0.29) is 34.0 Å². The van der Waals surface area contributed by atoms with Crippen molar-refractivity contribution in [2.75, 3.05) is 0 Å². The molecule has 1 aliphatic carbocycles. The van der Waals surface area contributed by atoms with Gasteiger partial charge in [-0.05, 0) is 74.4 Å². The highest BCUT2D eigenvalue weighted by atomic mass is 19.4. The van der Waals surface area contributed by atoms with Crippen LogP contribution in [0.5, 0.6) is 0 Å². The van der Waals surface area contributed by atoms with Gasteiger partial charge in [0.05, 0.1) is 10.9 Å². The van der Waals surface area contributed by atoms with Crippen molar-refractivity contribution in [3.63, 3.8) is 0 Å². The van der Waals surface area contributed by atoms with Gasteiger partial charge in [0.1, 0.15) is 29.9 Å². The van der Waals surface area contributed by atoms with Gasteiger partial charge in [0.15, 0.2) is 0 Å². The largest absolute Gasteiger partial charge is 0.463 e. The predicted molar refractivity (Wildman–Crippen MR) is 135 cm³/mol. The average Bonchev–Trinajstić information content (AvgIpc) is 3.23. The summed E-state index contributed by atoms with van der Waals surface area (Å²) in [7, 11) is 1.47. The number of nitrogens with one attached hydrogen (secondary N) is 1. The number of rotatable bonds is 6. The average molecular weight is 511 g/mol. The van der Waals surface area contributed by atoms with Crippen LogP contribution in [0.15, 0.2) is 58.2 Å². The Morgan fingerprint density at radius 2 is 1.92 bits per heavy atom. The molecule has 6 nitrogen and oxygen atoms in total. The molecule has 0 bridgehead atoms. The van der Waals surface area contributed by atoms with E-state index < -0.39 is 12.1 Å². The third-order valence-corrected chi connectivity index (χ3v) is 7.47. The Balaban J connectivity index is 1.58. The second-order valence-electron chi connectivity index (χ2n) is 10.4. The molecule has 2 aromatic heterocycles. The van der Waals surface area contributed by atoms with E-state index in [0.717, 1.165) is 24.0 Å². The molecule has 2 atom stereocenters. The Bertz CT molecular complexity index is 1520.